The summed E-state index contributed by atoms with van der Waals surface area (Å²) in [5, 5.41) is 3.08. The summed E-state index contributed by atoms with van der Waals surface area (Å²) in [5.74, 6) is 0.199. The third-order valence-corrected chi connectivity index (χ3v) is 2.72. The van der Waals surface area contributed by atoms with Gasteiger partial charge in [-0.2, -0.15) is 0 Å². The Morgan fingerprint density at radius 1 is 1.55 bits per heavy atom. The Balaban J connectivity index is 2.09. The lowest BCUT2D eigenvalue weighted by molar-refractivity contribution is 0.0233. The molecule has 2 saturated heterocycles. The van der Waals surface area contributed by atoms with Crippen molar-refractivity contribution in [2.45, 2.75) is 18.5 Å². The Morgan fingerprint density at radius 3 is 3.36 bits per heavy atom. The zero-order chi connectivity index (χ0) is 7.73. The monoisotopic (exact) mass is 159 g/mol. The standard InChI is InChI=1S/C8H14FNO/c9-8-5-10-4-7(8)2-1-3-11-6-8/h7,10H,1-6H2/t7-,8-/m1/s1. The summed E-state index contributed by atoms with van der Waals surface area (Å²) in [7, 11) is 0. The van der Waals surface area contributed by atoms with Gasteiger partial charge in [0.15, 0.2) is 5.67 Å². The first-order chi connectivity index (χ1) is 5.31. The molecule has 0 bridgehead atoms. The van der Waals surface area contributed by atoms with Crippen molar-refractivity contribution in [1.82, 2.24) is 5.32 Å². The van der Waals surface area contributed by atoms with Gasteiger partial charge in [0.25, 0.3) is 0 Å². The number of rotatable bonds is 0. The van der Waals surface area contributed by atoms with Crippen LogP contribution in [0.5, 0.6) is 0 Å². The van der Waals surface area contributed by atoms with Crippen LogP contribution in [0.25, 0.3) is 0 Å². The van der Waals surface area contributed by atoms with Crippen molar-refractivity contribution in [1.29, 1.82) is 0 Å². The van der Waals surface area contributed by atoms with Crippen molar-refractivity contribution < 1.29 is 9.13 Å². The first-order valence-corrected chi connectivity index (χ1v) is 4.29. The van der Waals surface area contributed by atoms with Crippen LogP contribution in [0.3, 0.4) is 0 Å². The number of fused-ring (bicyclic) bond motifs is 1. The van der Waals surface area contributed by atoms with E-state index < -0.39 is 5.67 Å². The van der Waals surface area contributed by atoms with Gasteiger partial charge in [-0.3, -0.25) is 0 Å². The molecule has 2 nitrogen and oxygen atoms in total. The molecule has 2 atom stereocenters. The minimum atomic E-state index is -1.06. The highest BCUT2D eigenvalue weighted by molar-refractivity contribution is 4.96. The number of halogens is 1. The topological polar surface area (TPSA) is 21.3 Å². The van der Waals surface area contributed by atoms with Gasteiger partial charge < -0.3 is 10.1 Å². The molecule has 0 aromatic carbocycles. The number of alkyl halides is 1. The van der Waals surface area contributed by atoms with Gasteiger partial charge in [0, 0.05) is 25.6 Å². The Hall–Kier alpha value is -0.150. The van der Waals surface area contributed by atoms with Crippen LogP contribution in [0.2, 0.25) is 0 Å². The molecule has 2 rings (SSSR count). The van der Waals surface area contributed by atoms with E-state index in [1.54, 1.807) is 0 Å². The highest BCUT2D eigenvalue weighted by Crippen LogP contribution is 2.32. The fraction of sp³-hybridized carbons (Fsp3) is 1.00. The van der Waals surface area contributed by atoms with E-state index in [9.17, 15) is 4.39 Å². The van der Waals surface area contributed by atoms with E-state index in [0.717, 1.165) is 26.0 Å². The van der Waals surface area contributed by atoms with E-state index >= 15 is 0 Å². The zero-order valence-corrected chi connectivity index (χ0v) is 6.61. The molecule has 0 amide bonds. The maximum atomic E-state index is 13.8. The van der Waals surface area contributed by atoms with E-state index in [-0.39, 0.29) is 5.92 Å². The van der Waals surface area contributed by atoms with Crippen LogP contribution in [0.15, 0.2) is 0 Å². The van der Waals surface area contributed by atoms with Crippen LogP contribution in [0, 0.1) is 5.92 Å². The quantitative estimate of drug-likeness (QED) is 0.562. The van der Waals surface area contributed by atoms with Gasteiger partial charge in [-0.15, -0.1) is 0 Å². The smallest absolute Gasteiger partial charge is 0.150 e. The minimum Gasteiger partial charge on any atom is -0.378 e. The molecule has 0 unspecified atom stereocenters. The molecular formula is C8H14FNO. The normalized spacial score (nSPS) is 45.0. The molecule has 0 spiro atoms. The molecule has 1 N–H and O–H groups in total. The summed E-state index contributed by atoms with van der Waals surface area (Å²) >= 11 is 0. The Labute approximate surface area is 66.1 Å². The summed E-state index contributed by atoms with van der Waals surface area (Å²) < 4.78 is 19.0. The van der Waals surface area contributed by atoms with Crippen LogP contribution in [-0.2, 0) is 4.74 Å². The van der Waals surface area contributed by atoms with Gasteiger partial charge in [-0.05, 0) is 12.8 Å². The van der Waals surface area contributed by atoms with Crippen molar-refractivity contribution in [3.05, 3.63) is 0 Å². The van der Waals surface area contributed by atoms with Crippen molar-refractivity contribution in [2.24, 2.45) is 5.92 Å². The molecule has 0 radical (unpaired) electrons. The van der Waals surface area contributed by atoms with E-state index in [0.29, 0.717) is 13.2 Å². The second-order valence-electron chi connectivity index (χ2n) is 3.56. The lowest BCUT2D eigenvalue weighted by atomic mass is 9.90. The molecule has 2 aliphatic heterocycles. The fourth-order valence-corrected chi connectivity index (χ4v) is 1.98. The highest BCUT2D eigenvalue weighted by Gasteiger charge is 2.44. The summed E-state index contributed by atoms with van der Waals surface area (Å²) in [4.78, 5) is 0. The Morgan fingerprint density at radius 2 is 2.45 bits per heavy atom. The third-order valence-electron chi connectivity index (χ3n) is 2.72. The number of ether oxygens (including phenoxy) is 1. The molecule has 3 heteroatoms. The molecule has 2 fully saturated rings. The first kappa shape index (κ1) is 7.50. The second kappa shape index (κ2) is 2.72. The molecule has 0 saturated carbocycles. The summed E-state index contributed by atoms with van der Waals surface area (Å²) in [6, 6.07) is 0. The lowest BCUT2D eigenvalue weighted by Crippen LogP contribution is -2.36. The van der Waals surface area contributed by atoms with Gasteiger partial charge in [0.05, 0.1) is 6.61 Å². The third kappa shape index (κ3) is 1.27. The summed E-state index contributed by atoms with van der Waals surface area (Å²) in [6.45, 7) is 2.35. The molecule has 64 valence electrons. The van der Waals surface area contributed by atoms with Crippen molar-refractivity contribution in [2.75, 3.05) is 26.3 Å². The van der Waals surface area contributed by atoms with Crippen molar-refractivity contribution >= 4 is 0 Å². The maximum Gasteiger partial charge on any atom is 0.150 e. The molecular weight excluding hydrogens is 145 g/mol. The van der Waals surface area contributed by atoms with E-state index in [2.05, 4.69) is 5.32 Å². The predicted octanol–water partition coefficient (Wildman–Crippen LogP) is 0.724. The van der Waals surface area contributed by atoms with Crippen LogP contribution in [0.1, 0.15) is 12.8 Å². The minimum absolute atomic E-state index is 0.199. The summed E-state index contributed by atoms with van der Waals surface area (Å²) in [6.07, 6.45) is 1.99. The fourth-order valence-electron chi connectivity index (χ4n) is 1.98. The van der Waals surface area contributed by atoms with Gasteiger partial charge in [-0.1, -0.05) is 0 Å². The zero-order valence-electron chi connectivity index (χ0n) is 6.61. The Bertz CT molecular complexity index is 153. The Kier molecular flexibility index (Phi) is 1.85. The SMILES string of the molecule is F[C@@]12CNC[C@H]1CCCOC2. The average Bonchev–Trinajstić information content (AvgIpc) is 2.24. The van der Waals surface area contributed by atoms with Crippen LogP contribution in [0.4, 0.5) is 4.39 Å². The van der Waals surface area contributed by atoms with E-state index in [4.69, 9.17) is 4.74 Å². The van der Waals surface area contributed by atoms with E-state index in [1.807, 2.05) is 0 Å². The molecule has 2 heterocycles. The van der Waals surface area contributed by atoms with Gasteiger partial charge in [-0.25, -0.2) is 4.39 Å². The number of nitrogens with one attached hydrogen (secondary N) is 1. The van der Waals surface area contributed by atoms with Gasteiger partial charge in [0.1, 0.15) is 0 Å². The number of hydrogen-bond donors (Lipinski definition) is 1. The van der Waals surface area contributed by atoms with Crippen LogP contribution >= 0.6 is 0 Å². The number of hydrogen-bond acceptors (Lipinski definition) is 2. The predicted molar refractivity (Wildman–Crippen MR) is 40.3 cm³/mol. The lowest BCUT2D eigenvalue weighted by Gasteiger charge is -2.22. The molecule has 11 heavy (non-hydrogen) atoms. The van der Waals surface area contributed by atoms with Crippen molar-refractivity contribution in [3.8, 4) is 0 Å². The van der Waals surface area contributed by atoms with Crippen LogP contribution < -0.4 is 5.32 Å². The van der Waals surface area contributed by atoms with Crippen molar-refractivity contribution in [3.63, 3.8) is 0 Å². The van der Waals surface area contributed by atoms with E-state index in [1.165, 1.54) is 0 Å². The average molecular weight is 159 g/mol. The maximum absolute atomic E-state index is 13.8. The largest absolute Gasteiger partial charge is 0.378 e. The highest BCUT2D eigenvalue weighted by atomic mass is 19.1. The van der Waals surface area contributed by atoms with Crippen LogP contribution in [-0.4, -0.2) is 32.0 Å². The summed E-state index contributed by atoms with van der Waals surface area (Å²) in [5.41, 5.74) is -1.06. The molecule has 0 aromatic heterocycles. The molecule has 2 aliphatic rings. The van der Waals surface area contributed by atoms with Gasteiger partial charge in [0.2, 0.25) is 0 Å². The second-order valence-corrected chi connectivity index (χ2v) is 3.56. The molecule has 0 aromatic rings. The first-order valence-electron chi connectivity index (χ1n) is 4.29. The molecule has 0 aliphatic carbocycles. The van der Waals surface area contributed by atoms with Gasteiger partial charge >= 0.3 is 0 Å².